The normalized spacial score (nSPS) is 12.3. The molecule has 2 aromatic carbocycles. The highest BCUT2D eigenvalue weighted by Crippen LogP contribution is 2.35. The molecule has 1 heterocycles. The van der Waals surface area contributed by atoms with Gasteiger partial charge in [-0.25, -0.2) is 4.39 Å². The van der Waals surface area contributed by atoms with Crippen molar-refractivity contribution >= 4 is 5.91 Å². The average molecular weight is 287 g/mol. The first-order chi connectivity index (χ1) is 10.1. The van der Waals surface area contributed by atoms with Crippen LogP contribution in [0, 0.1) is 5.82 Å². The molecule has 0 radical (unpaired) electrons. The number of hydrogen-bond donors (Lipinski definition) is 0. The van der Waals surface area contributed by atoms with Gasteiger partial charge in [0.1, 0.15) is 5.82 Å². The van der Waals surface area contributed by atoms with Crippen molar-refractivity contribution < 1.29 is 18.7 Å². The molecule has 21 heavy (non-hydrogen) atoms. The summed E-state index contributed by atoms with van der Waals surface area (Å²) in [4.78, 5) is 14.0. The summed E-state index contributed by atoms with van der Waals surface area (Å²) in [5, 5.41) is 0. The van der Waals surface area contributed by atoms with Crippen LogP contribution in [0.4, 0.5) is 4.39 Å². The van der Waals surface area contributed by atoms with E-state index in [-0.39, 0.29) is 18.5 Å². The number of nitrogens with zero attached hydrogens (tertiary/aromatic N) is 1. The molecule has 0 N–H and O–H groups in total. The highest BCUT2D eigenvalue weighted by Gasteiger charge is 2.23. The predicted molar refractivity (Wildman–Crippen MR) is 74.8 cm³/mol. The number of halogens is 1. The van der Waals surface area contributed by atoms with Crippen molar-refractivity contribution in [1.82, 2.24) is 4.90 Å². The molecule has 0 atom stereocenters. The fourth-order valence-electron chi connectivity index (χ4n) is 2.29. The standard InChI is InChI=1S/C16H14FNO3/c1-18(9-11-4-2-5-12(17)8-11)16(19)13-6-3-7-14-15(13)21-10-20-14/h2-8H,9-10H2,1H3. The van der Waals surface area contributed by atoms with Crippen LogP contribution in [0.25, 0.3) is 0 Å². The Bertz CT molecular complexity index is 687. The molecule has 1 amide bonds. The van der Waals surface area contributed by atoms with Gasteiger partial charge in [-0.3, -0.25) is 4.79 Å². The molecule has 4 nitrogen and oxygen atoms in total. The molecule has 1 aliphatic rings. The Balaban J connectivity index is 1.81. The molecule has 3 rings (SSSR count). The maximum Gasteiger partial charge on any atom is 0.257 e. The van der Waals surface area contributed by atoms with E-state index in [2.05, 4.69) is 0 Å². The lowest BCUT2D eigenvalue weighted by atomic mass is 10.1. The van der Waals surface area contributed by atoms with Crippen molar-refractivity contribution in [1.29, 1.82) is 0 Å². The Morgan fingerprint density at radius 2 is 2.05 bits per heavy atom. The van der Waals surface area contributed by atoms with E-state index < -0.39 is 0 Å². The van der Waals surface area contributed by atoms with Gasteiger partial charge in [-0.05, 0) is 29.8 Å². The maximum absolute atomic E-state index is 13.2. The second-order valence-corrected chi connectivity index (χ2v) is 4.83. The van der Waals surface area contributed by atoms with Gasteiger partial charge in [0.25, 0.3) is 5.91 Å². The molecule has 5 heteroatoms. The second-order valence-electron chi connectivity index (χ2n) is 4.83. The lowest BCUT2D eigenvalue weighted by molar-refractivity contribution is 0.0780. The maximum atomic E-state index is 13.2. The summed E-state index contributed by atoms with van der Waals surface area (Å²) in [7, 11) is 1.67. The molecule has 0 aliphatic carbocycles. The Morgan fingerprint density at radius 1 is 1.24 bits per heavy atom. The zero-order valence-corrected chi connectivity index (χ0v) is 11.5. The van der Waals surface area contributed by atoms with Crippen LogP contribution >= 0.6 is 0 Å². The van der Waals surface area contributed by atoms with E-state index in [0.717, 1.165) is 5.56 Å². The number of hydrogen-bond acceptors (Lipinski definition) is 3. The van der Waals surface area contributed by atoms with Crippen molar-refractivity contribution in [2.75, 3.05) is 13.8 Å². The minimum absolute atomic E-state index is 0.118. The van der Waals surface area contributed by atoms with Crippen molar-refractivity contribution in [2.24, 2.45) is 0 Å². The number of carbonyl (C=O) groups is 1. The fourth-order valence-corrected chi connectivity index (χ4v) is 2.29. The molecule has 0 saturated heterocycles. The van der Waals surface area contributed by atoms with Crippen LogP contribution < -0.4 is 9.47 Å². The van der Waals surface area contributed by atoms with Gasteiger partial charge in [0, 0.05) is 13.6 Å². The second kappa shape index (κ2) is 5.44. The van der Waals surface area contributed by atoms with Crippen LogP contribution in [0.15, 0.2) is 42.5 Å². The van der Waals surface area contributed by atoms with Crippen LogP contribution in [0.1, 0.15) is 15.9 Å². The smallest absolute Gasteiger partial charge is 0.257 e. The number of carbonyl (C=O) groups excluding carboxylic acids is 1. The molecule has 108 valence electrons. The molecular formula is C16H14FNO3. The van der Waals surface area contributed by atoms with E-state index in [1.807, 2.05) is 0 Å². The Hall–Kier alpha value is -2.56. The minimum Gasteiger partial charge on any atom is -0.454 e. The highest BCUT2D eigenvalue weighted by atomic mass is 19.1. The SMILES string of the molecule is CN(Cc1cccc(F)c1)C(=O)c1cccc2c1OCO2. The van der Waals surface area contributed by atoms with Crippen LogP contribution in [0.2, 0.25) is 0 Å². The number of ether oxygens (including phenoxy) is 2. The van der Waals surface area contributed by atoms with E-state index in [1.54, 1.807) is 37.4 Å². The average Bonchev–Trinajstić information content (AvgIpc) is 2.94. The third-order valence-corrected chi connectivity index (χ3v) is 3.28. The van der Waals surface area contributed by atoms with Gasteiger partial charge in [0.2, 0.25) is 6.79 Å². The van der Waals surface area contributed by atoms with Crippen LogP contribution in [0.3, 0.4) is 0 Å². The topological polar surface area (TPSA) is 38.8 Å². The summed E-state index contributed by atoms with van der Waals surface area (Å²) >= 11 is 0. The summed E-state index contributed by atoms with van der Waals surface area (Å²) in [6.07, 6.45) is 0. The molecule has 2 aromatic rings. The van der Waals surface area contributed by atoms with Gasteiger partial charge >= 0.3 is 0 Å². The van der Waals surface area contributed by atoms with Crippen molar-refractivity contribution in [3.8, 4) is 11.5 Å². The summed E-state index contributed by atoms with van der Waals surface area (Å²) in [5.41, 5.74) is 1.18. The predicted octanol–water partition coefficient (Wildman–Crippen LogP) is 2.83. The number of rotatable bonds is 3. The lowest BCUT2D eigenvalue weighted by Crippen LogP contribution is -2.26. The van der Waals surface area contributed by atoms with E-state index >= 15 is 0 Å². The van der Waals surface area contributed by atoms with Crippen LogP contribution in [0.5, 0.6) is 11.5 Å². The summed E-state index contributed by atoms with van der Waals surface area (Å²) in [6, 6.07) is 11.4. The number of fused-ring (bicyclic) bond motifs is 1. The molecule has 1 aliphatic heterocycles. The van der Waals surface area contributed by atoms with E-state index in [4.69, 9.17) is 9.47 Å². The number of para-hydroxylation sites is 1. The Morgan fingerprint density at radius 3 is 2.86 bits per heavy atom. The molecular weight excluding hydrogens is 273 g/mol. The zero-order chi connectivity index (χ0) is 14.8. The third-order valence-electron chi connectivity index (χ3n) is 3.28. The van der Waals surface area contributed by atoms with Crippen molar-refractivity contribution in [2.45, 2.75) is 6.54 Å². The minimum atomic E-state index is -0.314. The number of amides is 1. The van der Waals surface area contributed by atoms with Crippen LogP contribution in [-0.4, -0.2) is 24.6 Å². The lowest BCUT2D eigenvalue weighted by Gasteiger charge is -2.18. The zero-order valence-electron chi connectivity index (χ0n) is 11.5. The van der Waals surface area contributed by atoms with Gasteiger partial charge in [-0.15, -0.1) is 0 Å². The molecule has 0 saturated carbocycles. The highest BCUT2D eigenvalue weighted by molar-refractivity contribution is 5.97. The first kappa shape index (κ1) is 13.4. The summed E-state index contributed by atoms with van der Waals surface area (Å²) in [6.45, 7) is 0.439. The Labute approximate surface area is 121 Å². The van der Waals surface area contributed by atoms with Gasteiger partial charge in [0.05, 0.1) is 5.56 Å². The van der Waals surface area contributed by atoms with Crippen molar-refractivity contribution in [3.05, 3.63) is 59.4 Å². The van der Waals surface area contributed by atoms with Gasteiger partial charge in [-0.1, -0.05) is 18.2 Å². The molecule has 0 bridgehead atoms. The molecule has 0 fully saturated rings. The summed E-state index contributed by atoms with van der Waals surface area (Å²) in [5.74, 6) is 0.529. The Kier molecular flexibility index (Phi) is 3.48. The molecule has 0 unspecified atom stereocenters. The fraction of sp³-hybridized carbons (Fsp3) is 0.188. The van der Waals surface area contributed by atoms with Crippen LogP contribution in [-0.2, 0) is 6.54 Å². The number of benzene rings is 2. The largest absolute Gasteiger partial charge is 0.454 e. The molecule has 0 spiro atoms. The van der Waals surface area contributed by atoms with Gasteiger partial charge in [0.15, 0.2) is 11.5 Å². The first-order valence-corrected chi connectivity index (χ1v) is 6.53. The van der Waals surface area contributed by atoms with Gasteiger partial charge in [-0.2, -0.15) is 0 Å². The van der Waals surface area contributed by atoms with E-state index in [9.17, 15) is 9.18 Å². The van der Waals surface area contributed by atoms with E-state index in [1.165, 1.54) is 17.0 Å². The van der Waals surface area contributed by atoms with E-state index in [0.29, 0.717) is 23.6 Å². The van der Waals surface area contributed by atoms with Crippen molar-refractivity contribution in [3.63, 3.8) is 0 Å². The molecule has 0 aromatic heterocycles. The third kappa shape index (κ3) is 2.67. The van der Waals surface area contributed by atoms with Gasteiger partial charge < -0.3 is 14.4 Å². The summed E-state index contributed by atoms with van der Waals surface area (Å²) < 4.78 is 23.8. The monoisotopic (exact) mass is 287 g/mol. The first-order valence-electron chi connectivity index (χ1n) is 6.53. The quantitative estimate of drug-likeness (QED) is 0.871.